The first-order chi connectivity index (χ1) is 9.67. The first-order valence-corrected chi connectivity index (χ1v) is 6.48. The zero-order valence-electron chi connectivity index (χ0n) is 11.5. The zero-order chi connectivity index (χ0) is 14.8. The summed E-state index contributed by atoms with van der Waals surface area (Å²) in [6, 6.07) is 10.5. The summed E-state index contributed by atoms with van der Waals surface area (Å²) >= 11 is 0. The number of nitrogens with one attached hydrogen (secondary N) is 1. The molecule has 1 aromatic carbocycles. The van der Waals surface area contributed by atoms with Crippen LogP contribution in [0.1, 0.15) is 37.3 Å². The minimum atomic E-state index is -0.635. The van der Waals surface area contributed by atoms with Crippen LogP contribution in [0.3, 0.4) is 0 Å². The molecule has 20 heavy (non-hydrogen) atoms. The Morgan fingerprint density at radius 2 is 1.90 bits per heavy atom. The van der Waals surface area contributed by atoms with Crippen LogP contribution >= 0.6 is 0 Å². The highest BCUT2D eigenvalue weighted by Crippen LogP contribution is 2.11. The van der Waals surface area contributed by atoms with Crippen molar-refractivity contribution in [2.75, 3.05) is 7.11 Å². The molecule has 0 radical (unpaired) electrons. The third-order valence-electron chi connectivity index (χ3n) is 2.83. The SMILES string of the molecule is COC(=O)CCCCC(=O)NC(C#N)c1ccccc1. The molecule has 0 aromatic heterocycles. The number of amides is 1. The van der Waals surface area contributed by atoms with Crippen molar-refractivity contribution in [3.63, 3.8) is 0 Å². The van der Waals surface area contributed by atoms with Gasteiger partial charge in [-0.1, -0.05) is 30.3 Å². The Bertz CT molecular complexity index is 480. The van der Waals surface area contributed by atoms with Crippen LogP contribution < -0.4 is 5.32 Å². The van der Waals surface area contributed by atoms with Gasteiger partial charge in [-0.05, 0) is 18.4 Å². The maximum atomic E-state index is 11.7. The standard InChI is InChI=1S/C15H18N2O3/c1-20-15(19)10-6-5-9-14(18)17-13(11-16)12-7-3-2-4-8-12/h2-4,7-8,13H,5-6,9-10H2,1H3,(H,17,18). The molecule has 106 valence electrons. The summed E-state index contributed by atoms with van der Waals surface area (Å²) in [5.74, 6) is -0.463. The van der Waals surface area contributed by atoms with Gasteiger partial charge in [0.25, 0.3) is 0 Å². The van der Waals surface area contributed by atoms with Gasteiger partial charge in [0.15, 0.2) is 0 Å². The summed E-state index contributed by atoms with van der Waals surface area (Å²) in [4.78, 5) is 22.6. The second-order valence-electron chi connectivity index (χ2n) is 4.32. The number of hydrogen-bond donors (Lipinski definition) is 1. The fourth-order valence-corrected chi connectivity index (χ4v) is 1.73. The minimum Gasteiger partial charge on any atom is -0.469 e. The summed E-state index contributed by atoms with van der Waals surface area (Å²) in [6.45, 7) is 0. The van der Waals surface area contributed by atoms with Crippen molar-refractivity contribution < 1.29 is 14.3 Å². The third kappa shape index (κ3) is 5.53. The zero-order valence-corrected chi connectivity index (χ0v) is 11.5. The van der Waals surface area contributed by atoms with E-state index in [4.69, 9.17) is 5.26 Å². The average molecular weight is 274 g/mol. The topological polar surface area (TPSA) is 79.2 Å². The fraction of sp³-hybridized carbons (Fsp3) is 0.400. The molecule has 0 saturated heterocycles. The molecule has 0 aliphatic heterocycles. The van der Waals surface area contributed by atoms with Crippen molar-refractivity contribution in [3.05, 3.63) is 35.9 Å². The highest BCUT2D eigenvalue weighted by Gasteiger charge is 2.13. The van der Waals surface area contributed by atoms with Crippen LogP contribution in [0.25, 0.3) is 0 Å². The van der Waals surface area contributed by atoms with Gasteiger partial charge >= 0.3 is 5.97 Å². The molecule has 0 heterocycles. The lowest BCUT2D eigenvalue weighted by Gasteiger charge is -2.11. The number of hydrogen-bond acceptors (Lipinski definition) is 4. The third-order valence-corrected chi connectivity index (χ3v) is 2.83. The molecular weight excluding hydrogens is 256 g/mol. The van der Waals surface area contributed by atoms with E-state index in [9.17, 15) is 9.59 Å². The number of benzene rings is 1. The molecule has 5 heteroatoms. The van der Waals surface area contributed by atoms with E-state index in [1.165, 1.54) is 7.11 Å². The molecule has 0 fully saturated rings. The maximum absolute atomic E-state index is 11.7. The Balaban J connectivity index is 2.34. The highest BCUT2D eigenvalue weighted by atomic mass is 16.5. The lowest BCUT2D eigenvalue weighted by atomic mass is 10.1. The van der Waals surface area contributed by atoms with E-state index in [-0.39, 0.29) is 11.9 Å². The maximum Gasteiger partial charge on any atom is 0.305 e. The summed E-state index contributed by atoms with van der Waals surface area (Å²) < 4.78 is 4.51. The van der Waals surface area contributed by atoms with Gasteiger partial charge in [0, 0.05) is 12.8 Å². The van der Waals surface area contributed by atoms with E-state index < -0.39 is 6.04 Å². The van der Waals surface area contributed by atoms with Crippen molar-refractivity contribution in [2.24, 2.45) is 0 Å². The largest absolute Gasteiger partial charge is 0.469 e. The summed E-state index contributed by atoms with van der Waals surface area (Å²) in [6.07, 6.45) is 1.79. The van der Waals surface area contributed by atoms with E-state index >= 15 is 0 Å². The van der Waals surface area contributed by atoms with Gasteiger partial charge in [0.1, 0.15) is 6.04 Å². The minimum absolute atomic E-state index is 0.190. The lowest BCUT2D eigenvalue weighted by Crippen LogP contribution is -2.27. The smallest absolute Gasteiger partial charge is 0.305 e. The number of methoxy groups -OCH3 is 1. The molecule has 1 rings (SSSR count). The Hall–Kier alpha value is -2.35. The van der Waals surface area contributed by atoms with Crippen LogP contribution in [0.4, 0.5) is 0 Å². The van der Waals surface area contributed by atoms with Crippen molar-refractivity contribution in [3.8, 4) is 6.07 Å². The number of nitrogens with zero attached hydrogens (tertiary/aromatic N) is 1. The number of unbranched alkanes of at least 4 members (excludes halogenated alkanes) is 1. The van der Waals surface area contributed by atoms with Crippen LogP contribution in [0.2, 0.25) is 0 Å². The number of rotatable bonds is 7. The Morgan fingerprint density at radius 1 is 1.25 bits per heavy atom. The molecule has 0 saturated carbocycles. The molecule has 1 N–H and O–H groups in total. The van der Waals surface area contributed by atoms with E-state index in [2.05, 4.69) is 16.1 Å². The molecule has 0 bridgehead atoms. The van der Waals surface area contributed by atoms with Crippen molar-refractivity contribution in [2.45, 2.75) is 31.7 Å². The van der Waals surface area contributed by atoms with Gasteiger partial charge < -0.3 is 10.1 Å². The molecule has 5 nitrogen and oxygen atoms in total. The van der Waals surface area contributed by atoms with Gasteiger partial charge in [-0.25, -0.2) is 0 Å². The predicted molar refractivity (Wildman–Crippen MR) is 73.4 cm³/mol. The number of ether oxygens (including phenoxy) is 1. The Kier molecular flexibility index (Phi) is 6.83. The Labute approximate surface area is 118 Å². The number of carbonyl (C=O) groups excluding carboxylic acids is 2. The van der Waals surface area contributed by atoms with Crippen molar-refractivity contribution in [1.82, 2.24) is 5.32 Å². The molecule has 0 aliphatic carbocycles. The molecule has 1 amide bonds. The second-order valence-corrected chi connectivity index (χ2v) is 4.32. The normalized spacial score (nSPS) is 11.2. The van der Waals surface area contributed by atoms with Crippen LogP contribution in [0.15, 0.2) is 30.3 Å². The monoisotopic (exact) mass is 274 g/mol. The molecular formula is C15H18N2O3. The second kappa shape index (κ2) is 8.70. The molecule has 1 aromatic rings. The summed E-state index contributed by atoms with van der Waals surface area (Å²) in [5.41, 5.74) is 0.762. The van der Waals surface area contributed by atoms with Gasteiger partial charge in [-0.15, -0.1) is 0 Å². The first-order valence-electron chi connectivity index (χ1n) is 6.48. The Morgan fingerprint density at radius 3 is 2.50 bits per heavy atom. The molecule has 1 atom stereocenters. The number of nitriles is 1. The van der Waals surface area contributed by atoms with E-state index in [0.717, 1.165) is 5.56 Å². The van der Waals surface area contributed by atoms with Crippen LogP contribution in [0.5, 0.6) is 0 Å². The molecule has 0 spiro atoms. The molecule has 0 aliphatic rings. The van der Waals surface area contributed by atoms with Crippen LogP contribution in [-0.4, -0.2) is 19.0 Å². The predicted octanol–water partition coefficient (Wildman–Crippen LogP) is 2.10. The van der Waals surface area contributed by atoms with Gasteiger partial charge in [-0.3, -0.25) is 9.59 Å². The molecule has 1 unspecified atom stereocenters. The summed E-state index contributed by atoms with van der Waals surface area (Å²) in [5, 5.41) is 11.7. The van der Waals surface area contributed by atoms with Crippen molar-refractivity contribution >= 4 is 11.9 Å². The van der Waals surface area contributed by atoms with Gasteiger partial charge in [0.2, 0.25) is 5.91 Å². The van der Waals surface area contributed by atoms with Crippen LogP contribution in [-0.2, 0) is 14.3 Å². The average Bonchev–Trinajstić information content (AvgIpc) is 2.49. The highest BCUT2D eigenvalue weighted by molar-refractivity contribution is 5.77. The summed E-state index contributed by atoms with van der Waals surface area (Å²) in [7, 11) is 1.34. The lowest BCUT2D eigenvalue weighted by molar-refractivity contribution is -0.140. The van der Waals surface area contributed by atoms with E-state index in [0.29, 0.717) is 25.7 Å². The van der Waals surface area contributed by atoms with Gasteiger partial charge in [0.05, 0.1) is 13.2 Å². The number of esters is 1. The van der Waals surface area contributed by atoms with Crippen molar-refractivity contribution in [1.29, 1.82) is 5.26 Å². The fourth-order valence-electron chi connectivity index (χ4n) is 1.73. The quantitative estimate of drug-likeness (QED) is 0.610. The number of carbonyl (C=O) groups is 2. The van der Waals surface area contributed by atoms with Crippen LogP contribution in [0, 0.1) is 11.3 Å². The van der Waals surface area contributed by atoms with E-state index in [1.54, 1.807) is 12.1 Å². The van der Waals surface area contributed by atoms with Gasteiger partial charge in [-0.2, -0.15) is 5.26 Å². The first kappa shape index (κ1) is 15.7. The van der Waals surface area contributed by atoms with E-state index in [1.807, 2.05) is 18.2 Å².